The van der Waals surface area contributed by atoms with E-state index in [-0.39, 0.29) is 17.8 Å². The van der Waals surface area contributed by atoms with Crippen molar-refractivity contribution in [3.05, 3.63) is 89.2 Å². The Bertz CT molecular complexity index is 1580. The number of nitrogens with one attached hydrogen (secondary N) is 1. The molecule has 0 bridgehead atoms. The van der Waals surface area contributed by atoms with E-state index in [4.69, 9.17) is 11.6 Å². The van der Waals surface area contributed by atoms with E-state index >= 15 is 0 Å². The molecule has 1 aliphatic heterocycles. The zero-order chi connectivity index (χ0) is 24.7. The Morgan fingerprint density at radius 2 is 1.83 bits per heavy atom. The summed E-state index contributed by atoms with van der Waals surface area (Å²) in [6.07, 6.45) is 0. The number of fused-ring (bicyclic) bond motifs is 1. The third kappa shape index (κ3) is 4.34. The molecule has 1 aromatic heterocycles. The van der Waals surface area contributed by atoms with Crippen LogP contribution in [0, 0.1) is 5.82 Å². The quantitative estimate of drug-likeness (QED) is 0.421. The minimum absolute atomic E-state index is 0.166. The van der Waals surface area contributed by atoms with Crippen molar-refractivity contribution >= 4 is 50.0 Å². The Kier molecular flexibility index (Phi) is 5.92. The summed E-state index contributed by atoms with van der Waals surface area (Å²) in [7, 11) is -2.23. The number of benzene rings is 3. The number of rotatable bonds is 4. The van der Waals surface area contributed by atoms with Crippen LogP contribution in [-0.4, -0.2) is 43.8 Å². The van der Waals surface area contributed by atoms with Gasteiger partial charge in [-0.25, -0.2) is 9.37 Å². The van der Waals surface area contributed by atoms with Gasteiger partial charge in [0.15, 0.2) is 0 Å². The molecule has 0 spiro atoms. The molecule has 1 N–H and O–H groups in total. The number of likely N-dealkylation sites (N-methyl/N-ethyl adjacent to an activating group) is 1. The van der Waals surface area contributed by atoms with Crippen LogP contribution in [0.4, 0.5) is 15.8 Å². The van der Waals surface area contributed by atoms with Gasteiger partial charge in [0.2, 0.25) is 0 Å². The van der Waals surface area contributed by atoms with E-state index in [0.29, 0.717) is 28.5 Å². The second-order valence-electron chi connectivity index (χ2n) is 8.10. The average Bonchev–Trinajstić information content (AvgIpc) is 3.11. The lowest BCUT2D eigenvalue weighted by Gasteiger charge is -2.18. The topological polar surface area (TPSA) is 82.6 Å². The maximum Gasteiger partial charge on any atom is 0.303 e. The number of para-hydroxylation sites is 1. The smallest absolute Gasteiger partial charge is 0.303 e. The summed E-state index contributed by atoms with van der Waals surface area (Å²) in [5.41, 5.74) is 2.44. The summed E-state index contributed by atoms with van der Waals surface area (Å²) in [5, 5.41) is 4.13. The largest absolute Gasteiger partial charge is 0.322 e. The third-order valence-corrected chi connectivity index (χ3v) is 8.12. The molecule has 1 fully saturated rings. The van der Waals surface area contributed by atoms with Crippen LogP contribution in [0.1, 0.15) is 10.4 Å². The van der Waals surface area contributed by atoms with Gasteiger partial charge in [-0.2, -0.15) is 12.7 Å². The molecular weight excluding hydrogens is 491 g/mol. The van der Waals surface area contributed by atoms with Crippen molar-refractivity contribution in [2.75, 3.05) is 29.8 Å². The van der Waals surface area contributed by atoms with Crippen molar-refractivity contribution < 1.29 is 17.6 Å². The zero-order valence-corrected chi connectivity index (χ0v) is 20.1. The second kappa shape index (κ2) is 8.92. The van der Waals surface area contributed by atoms with E-state index in [2.05, 4.69) is 10.3 Å². The van der Waals surface area contributed by atoms with Crippen LogP contribution in [-0.2, 0) is 10.2 Å². The number of hydrogen-bond acceptors (Lipinski definition) is 4. The van der Waals surface area contributed by atoms with E-state index in [0.717, 1.165) is 21.3 Å². The van der Waals surface area contributed by atoms with Gasteiger partial charge in [-0.05, 0) is 48.5 Å². The van der Waals surface area contributed by atoms with Crippen LogP contribution in [0.5, 0.6) is 0 Å². The van der Waals surface area contributed by atoms with Gasteiger partial charge in [-0.3, -0.25) is 9.10 Å². The summed E-state index contributed by atoms with van der Waals surface area (Å²) in [6.45, 7) is 0.511. The van der Waals surface area contributed by atoms with E-state index in [1.54, 1.807) is 18.2 Å². The summed E-state index contributed by atoms with van der Waals surface area (Å²) in [6, 6.07) is 20.1. The molecular formula is C25H20ClFN4O3S. The highest BCUT2D eigenvalue weighted by molar-refractivity contribution is 7.90. The van der Waals surface area contributed by atoms with Crippen LogP contribution in [0.2, 0.25) is 5.02 Å². The van der Waals surface area contributed by atoms with Gasteiger partial charge in [0.25, 0.3) is 5.91 Å². The number of carbonyl (C=O) groups is 1. The van der Waals surface area contributed by atoms with Gasteiger partial charge in [-0.1, -0.05) is 35.9 Å². The van der Waals surface area contributed by atoms with E-state index in [9.17, 15) is 17.6 Å². The van der Waals surface area contributed by atoms with Crippen molar-refractivity contribution in [3.8, 4) is 11.3 Å². The van der Waals surface area contributed by atoms with Gasteiger partial charge in [-0.15, -0.1) is 0 Å². The maximum absolute atomic E-state index is 14.8. The Hall–Kier alpha value is -3.53. The fourth-order valence-electron chi connectivity index (χ4n) is 3.95. The number of amides is 1. The highest BCUT2D eigenvalue weighted by Crippen LogP contribution is 2.31. The highest BCUT2D eigenvalue weighted by atomic mass is 35.5. The number of hydrogen-bond donors (Lipinski definition) is 1. The fourth-order valence-corrected chi connectivity index (χ4v) is 5.51. The van der Waals surface area contributed by atoms with Crippen molar-refractivity contribution in [2.24, 2.45) is 0 Å². The average molecular weight is 511 g/mol. The lowest BCUT2D eigenvalue weighted by atomic mass is 10.1. The van der Waals surface area contributed by atoms with E-state index in [1.807, 2.05) is 36.4 Å². The summed E-state index contributed by atoms with van der Waals surface area (Å²) in [5.74, 6) is -1.50. The molecule has 4 aromatic rings. The minimum Gasteiger partial charge on any atom is -0.322 e. The van der Waals surface area contributed by atoms with Crippen LogP contribution in [0.3, 0.4) is 0 Å². The molecule has 10 heteroatoms. The molecule has 1 saturated heterocycles. The molecule has 1 amide bonds. The van der Waals surface area contributed by atoms with Crippen molar-refractivity contribution in [1.82, 2.24) is 9.29 Å². The summed E-state index contributed by atoms with van der Waals surface area (Å²) in [4.78, 5) is 17.5. The first-order valence-corrected chi connectivity index (χ1v) is 12.5. The normalized spacial score (nSPS) is 15.5. The fraction of sp³-hybridized carbons (Fsp3) is 0.120. The number of halogens is 2. The lowest BCUT2D eigenvalue weighted by molar-refractivity contribution is 0.102. The van der Waals surface area contributed by atoms with Crippen molar-refractivity contribution in [3.63, 3.8) is 0 Å². The van der Waals surface area contributed by atoms with Gasteiger partial charge >= 0.3 is 10.2 Å². The summed E-state index contributed by atoms with van der Waals surface area (Å²) >= 11 is 6.40. The Labute approximate surface area is 206 Å². The summed E-state index contributed by atoms with van der Waals surface area (Å²) < 4.78 is 41.8. The molecule has 0 radical (unpaired) electrons. The SMILES string of the molecule is CN1CCN(c2ccc(C(=O)Nc3ccc(Cl)c(-c4ccc5ccccc5n4)c3)c(F)c2)S1(=O)=O. The standard InChI is InChI=1S/C25H20ClFN4O3S/c1-30-12-13-31(35(30,33)34)18-8-9-19(22(27)15-18)25(32)28-17-7-10-21(26)20(14-17)24-11-6-16-4-2-3-5-23(16)29-24/h2-11,14-15H,12-13H2,1H3,(H,28,32). The number of nitrogens with zero attached hydrogens (tertiary/aromatic N) is 3. The van der Waals surface area contributed by atoms with Crippen LogP contribution in [0.25, 0.3) is 22.2 Å². The molecule has 178 valence electrons. The minimum atomic E-state index is -3.69. The van der Waals surface area contributed by atoms with Gasteiger partial charge in [0, 0.05) is 36.8 Å². The molecule has 0 unspecified atom stereocenters. The number of carbonyl (C=O) groups excluding carboxylic acids is 1. The second-order valence-corrected chi connectivity index (χ2v) is 10.5. The van der Waals surface area contributed by atoms with E-state index < -0.39 is 21.9 Å². The lowest BCUT2D eigenvalue weighted by Crippen LogP contribution is -2.30. The molecule has 1 aliphatic rings. The molecule has 0 aliphatic carbocycles. The monoisotopic (exact) mass is 510 g/mol. The first-order valence-electron chi connectivity index (χ1n) is 10.7. The van der Waals surface area contributed by atoms with E-state index in [1.165, 1.54) is 23.5 Å². The molecule has 5 rings (SSSR count). The van der Waals surface area contributed by atoms with Crippen LogP contribution >= 0.6 is 11.6 Å². The number of aromatic nitrogens is 1. The predicted octanol–water partition coefficient (Wildman–Crippen LogP) is 4.94. The molecule has 2 heterocycles. The van der Waals surface area contributed by atoms with Gasteiger partial charge in [0.1, 0.15) is 5.82 Å². The molecule has 3 aromatic carbocycles. The molecule has 0 saturated carbocycles. The molecule has 0 atom stereocenters. The first kappa shape index (κ1) is 23.2. The van der Waals surface area contributed by atoms with Crippen LogP contribution < -0.4 is 9.62 Å². The third-order valence-electron chi connectivity index (χ3n) is 5.87. The Morgan fingerprint density at radius 1 is 1.03 bits per heavy atom. The highest BCUT2D eigenvalue weighted by Gasteiger charge is 2.34. The Balaban J connectivity index is 1.40. The molecule has 35 heavy (non-hydrogen) atoms. The van der Waals surface area contributed by atoms with Crippen LogP contribution in [0.15, 0.2) is 72.8 Å². The van der Waals surface area contributed by atoms with Gasteiger partial charge < -0.3 is 5.32 Å². The Morgan fingerprint density at radius 3 is 2.57 bits per heavy atom. The van der Waals surface area contributed by atoms with Gasteiger partial charge in [0.05, 0.1) is 27.5 Å². The maximum atomic E-state index is 14.8. The van der Waals surface area contributed by atoms with Crippen molar-refractivity contribution in [1.29, 1.82) is 0 Å². The number of pyridine rings is 1. The molecule has 7 nitrogen and oxygen atoms in total. The first-order chi connectivity index (χ1) is 16.7. The zero-order valence-electron chi connectivity index (χ0n) is 18.6. The van der Waals surface area contributed by atoms with Crippen molar-refractivity contribution in [2.45, 2.75) is 0 Å². The number of anilines is 2. The predicted molar refractivity (Wildman–Crippen MR) is 135 cm³/mol.